The summed E-state index contributed by atoms with van der Waals surface area (Å²) in [6.45, 7) is 8.03. The minimum atomic E-state index is 1.11. The molecule has 0 spiro atoms. The van der Waals surface area contributed by atoms with Crippen molar-refractivity contribution in [1.82, 2.24) is 9.88 Å². The second kappa shape index (κ2) is 5.12. The monoisotopic (exact) mass is 205 g/mol. The molecule has 1 aromatic heterocycles. The minimum absolute atomic E-state index is 1.11. The summed E-state index contributed by atoms with van der Waals surface area (Å²) in [6, 6.07) is 6.12. The van der Waals surface area contributed by atoms with Gasteiger partial charge in [-0.05, 0) is 25.1 Å². The Kier molecular flexibility index (Phi) is 3.56. The van der Waals surface area contributed by atoms with Crippen molar-refractivity contribution < 1.29 is 0 Å². The van der Waals surface area contributed by atoms with Crippen LogP contribution in [0.25, 0.3) is 0 Å². The third-order valence-electron chi connectivity index (χ3n) is 2.89. The van der Waals surface area contributed by atoms with E-state index in [0.717, 1.165) is 18.9 Å². The highest BCUT2D eigenvalue weighted by Crippen LogP contribution is 2.12. The van der Waals surface area contributed by atoms with Gasteiger partial charge in [0.1, 0.15) is 5.82 Å². The molecule has 1 saturated heterocycles. The lowest BCUT2D eigenvalue weighted by Gasteiger charge is -2.35. The van der Waals surface area contributed by atoms with Gasteiger partial charge in [-0.2, -0.15) is 0 Å². The summed E-state index contributed by atoms with van der Waals surface area (Å²) in [5.74, 6) is 1.12. The van der Waals surface area contributed by atoms with E-state index in [1.165, 1.54) is 26.1 Å². The maximum absolute atomic E-state index is 4.38. The van der Waals surface area contributed by atoms with Crippen molar-refractivity contribution in [2.45, 2.75) is 13.3 Å². The van der Waals surface area contributed by atoms with Crippen LogP contribution in [0.1, 0.15) is 13.3 Å². The molecule has 1 aromatic rings. The highest BCUT2D eigenvalue weighted by atomic mass is 15.3. The Morgan fingerprint density at radius 2 is 2.00 bits per heavy atom. The Balaban J connectivity index is 1.88. The van der Waals surface area contributed by atoms with E-state index in [-0.39, 0.29) is 0 Å². The maximum Gasteiger partial charge on any atom is 0.128 e. The number of piperazine rings is 1. The molecule has 2 heterocycles. The second-order valence-corrected chi connectivity index (χ2v) is 4.02. The summed E-state index contributed by atoms with van der Waals surface area (Å²) in [4.78, 5) is 9.28. The smallest absolute Gasteiger partial charge is 0.128 e. The summed E-state index contributed by atoms with van der Waals surface area (Å²) in [6.07, 6.45) is 3.12. The molecule has 82 valence electrons. The summed E-state index contributed by atoms with van der Waals surface area (Å²) in [5.41, 5.74) is 0. The lowest BCUT2D eigenvalue weighted by Crippen LogP contribution is -2.46. The van der Waals surface area contributed by atoms with E-state index in [4.69, 9.17) is 0 Å². The summed E-state index contributed by atoms with van der Waals surface area (Å²) < 4.78 is 0. The number of pyridine rings is 1. The zero-order chi connectivity index (χ0) is 10.5. The molecule has 0 N–H and O–H groups in total. The molecule has 1 fully saturated rings. The van der Waals surface area contributed by atoms with Gasteiger partial charge < -0.3 is 4.90 Å². The Labute approximate surface area is 91.7 Å². The average Bonchev–Trinajstić information content (AvgIpc) is 2.32. The van der Waals surface area contributed by atoms with E-state index in [1.807, 2.05) is 12.3 Å². The molecule has 0 aromatic carbocycles. The van der Waals surface area contributed by atoms with Gasteiger partial charge >= 0.3 is 0 Å². The number of aromatic nitrogens is 1. The first-order valence-corrected chi connectivity index (χ1v) is 5.78. The molecule has 0 bridgehead atoms. The number of nitrogens with zero attached hydrogens (tertiary/aromatic N) is 3. The molecular weight excluding hydrogens is 186 g/mol. The van der Waals surface area contributed by atoms with E-state index in [9.17, 15) is 0 Å². The summed E-state index contributed by atoms with van der Waals surface area (Å²) in [5, 5.41) is 0. The molecule has 0 aliphatic carbocycles. The Bertz CT molecular complexity index is 278. The van der Waals surface area contributed by atoms with Crippen molar-refractivity contribution in [1.29, 1.82) is 0 Å². The second-order valence-electron chi connectivity index (χ2n) is 4.02. The first kappa shape index (κ1) is 10.4. The zero-order valence-corrected chi connectivity index (χ0v) is 9.39. The van der Waals surface area contributed by atoms with Crippen LogP contribution in [0.3, 0.4) is 0 Å². The number of hydrogen-bond donors (Lipinski definition) is 0. The largest absolute Gasteiger partial charge is 0.354 e. The van der Waals surface area contributed by atoms with Crippen molar-refractivity contribution in [3.63, 3.8) is 0 Å². The number of rotatable bonds is 3. The van der Waals surface area contributed by atoms with E-state index < -0.39 is 0 Å². The third-order valence-corrected chi connectivity index (χ3v) is 2.89. The van der Waals surface area contributed by atoms with E-state index in [0.29, 0.717) is 0 Å². The van der Waals surface area contributed by atoms with Gasteiger partial charge in [0, 0.05) is 32.4 Å². The molecule has 0 radical (unpaired) electrons. The van der Waals surface area contributed by atoms with Gasteiger partial charge in [-0.1, -0.05) is 13.0 Å². The molecule has 2 rings (SSSR count). The maximum atomic E-state index is 4.38. The lowest BCUT2D eigenvalue weighted by molar-refractivity contribution is 0.258. The van der Waals surface area contributed by atoms with Gasteiger partial charge in [-0.15, -0.1) is 0 Å². The summed E-state index contributed by atoms with van der Waals surface area (Å²) in [7, 11) is 0. The van der Waals surface area contributed by atoms with Gasteiger partial charge in [0.05, 0.1) is 0 Å². The van der Waals surface area contributed by atoms with Gasteiger partial charge in [0.25, 0.3) is 0 Å². The van der Waals surface area contributed by atoms with Crippen molar-refractivity contribution in [3.8, 4) is 0 Å². The van der Waals surface area contributed by atoms with E-state index >= 15 is 0 Å². The van der Waals surface area contributed by atoms with Crippen LogP contribution in [0.2, 0.25) is 0 Å². The quantitative estimate of drug-likeness (QED) is 0.747. The standard InChI is InChI=1S/C12H19N3/c1-2-7-14-8-10-15(11-9-14)12-5-3-4-6-13-12/h3-6H,2,7-11H2,1H3. The molecule has 0 atom stereocenters. The van der Waals surface area contributed by atoms with E-state index in [2.05, 4.69) is 33.8 Å². The van der Waals surface area contributed by atoms with Crippen LogP contribution in [0, 0.1) is 0 Å². The average molecular weight is 205 g/mol. The Hall–Kier alpha value is -1.09. The molecule has 0 saturated carbocycles. The van der Waals surface area contributed by atoms with Crippen molar-refractivity contribution in [3.05, 3.63) is 24.4 Å². The molecule has 15 heavy (non-hydrogen) atoms. The molecule has 0 unspecified atom stereocenters. The molecule has 1 aliphatic heterocycles. The first-order valence-electron chi connectivity index (χ1n) is 5.78. The van der Waals surface area contributed by atoms with Gasteiger partial charge in [-0.3, -0.25) is 4.90 Å². The predicted molar refractivity (Wildman–Crippen MR) is 63.2 cm³/mol. The van der Waals surface area contributed by atoms with Crippen LogP contribution in [0.4, 0.5) is 5.82 Å². The van der Waals surface area contributed by atoms with Gasteiger partial charge in [0.15, 0.2) is 0 Å². The highest BCUT2D eigenvalue weighted by Gasteiger charge is 2.16. The van der Waals surface area contributed by atoms with Crippen LogP contribution in [0.15, 0.2) is 24.4 Å². The highest BCUT2D eigenvalue weighted by molar-refractivity contribution is 5.38. The lowest BCUT2D eigenvalue weighted by atomic mass is 10.3. The van der Waals surface area contributed by atoms with Crippen LogP contribution in [-0.4, -0.2) is 42.6 Å². The van der Waals surface area contributed by atoms with E-state index in [1.54, 1.807) is 0 Å². The SMILES string of the molecule is CCCN1CCN(c2ccccn2)CC1. The fourth-order valence-electron chi connectivity index (χ4n) is 2.06. The Morgan fingerprint density at radius 3 is 2.60 bits per heavy atom. The Morgan fingerprint density at radius 1 is 1.20 bits per heavy atom. The van der Waals surface area contributed by atoms with Crippen LogP contribution >= 0.6 is 0 Å². The fraction of sp³-hybridized carbons (Fsp3) is 0.583. The predicted octanol–water partition coefficient (Wildman–Crippen LogP) is 1.61. The number of anilines is 1. The van der Waals surface area contributed by atoms with Crippen LogP contribution < -0.4 is 4.90 Å². The zero-order valence-electron chi connectivity index (χ0n) is 9.39. The molecule has 3 nitrogen and oxygen atoms in total. The normalized spacial score (nSPS) is 18.1. The minimum Gasteiger partial charge on any atom is -0.354 e. The molecule has 3 heteroatoms. The van der Waals surface area contributed by atoms with Crippen molar-refractivity contribution in [2.24, 2.45) is 0 Å². The molecule has 0 amide bonds. The van der Waals surface area contributed by atoms with Gasteiger partial charge in [0.2, 0.25) is 0 Å². The van der Waals surface area contributed by atoms with Crippen LogP contribution in [-0.2, 0) is 0 Å². The first-order chi connectivity index (χ1) is 7.40. The topological polar surface area (TPSA) is 19.4 Å². The van der Waals surface area contributed by atoms with Crippen molar-refractivity contribution in [2.75, 3.05) is 37.6 Å². The van der Waals surface area contributed by atoms with Crippen molar-refractivity contribution >= 4 is 5.82 Å². The fourth-order valence-corrected chi connectivity index (χ4v) is 2.06. The number of hydrogen-bond acceptors (Lipinski definition) is 3. The van der Waals surface area contributed by atoms with Gasteiger partial charge in [-0.25, -0.2) is 4.98 Å². The van der Waals surface area contributed by atoms with Crippen LogP contribution in [0.5, 0.6) is 0 Å². The summed E-state index contributed by atoms with van der Waals surface area (Å²) >= 11 is 0. The molecular formula is C12H19N3. The third kappa shape index (κ3) is 2.69. The molecule has 1 aliphatic rings.